The lowest BCUT2D eigenvalue weighted by molar-refractivity contribution is 0.338. The molecule has 39 heavy (non-hydrogen) atoms. The summed E-state index contributed by atoms with van der Waals surface area (Å²) in [6.45, 7) is 4.53. The van der Waals surface area contributed by atoms with E-state index in [0.717, 1.165) is 39.5 Å². The fraction of sp³-hybridized carbons (Fsp3) is 0.100. The van der Waals surface area contributed by atoms with Crippen LogP contribution in [0.5, 0.6) is 5.75 Å². The van der Waals surface area contributed by atoms with Gasteiger partial charge < -0.3 is 4.74 Å². The number of thiazole rings is 1. The van der Waals surface area contributed by atoms with Gasteiger partial charge in [-0.15, -0.1) is 0 Å². The maximum absolute atomic E-state index is 13.4. The Morgan fingerprint density at radius 2 is 1.64 bits per heavy atom. The van der Waals surface area contributed by atoms with Crippen LogP contribution in [0.25, 0.3) is 39.2 Å². The molecule has 3 aromatic heterocycles. The summed E-state index contributed by atoms with van der Waals surface area (Å²) in [5.74, 6) is 0.816. The number of hydrogen-bond acceptors (Lipinski definition) is 7. The van der Waals surface area contributed by atoms with Crippen LogP contribution < -0.4 is 20.4 Å². The van der Waals surface area contributed by atoms with E-state index in [9.17, 15) is 9.59 Å². The third kappa shape index (κ3) is 4.64. The summed E-state index contributed by atoms with van der Waals surface area (Å²) in [4.78, 5) is 30.5. The lowest BCUT2D eigenvalue weighted by atomic mass is 10.0. The molecule has 6 rings (SSSR count). The molecule has 0 aliphatic heterocycles. The lowest BCUT2D eigenvalue weighted by Gasteiger charge is -2.08. The number of hydrogen-bond donors (Lipinski definition) is 0. The van der Waals surface area contributed by atoms with Crippen molar-refractivity contribution in [3.63, 3.8) is 0 Å². The van der Waals surface area contributed by atoms with Gasteiger partial charge in [-0.3, -0.25) is 9.59 Å². The van der Waals surface area contributed by atoms with Crippen molar-refractivity contribution >= 4 is 22.4 Å². The maximum atomic E-state index is 13.4. The number of aromatic nitrogens is 5. The van der Waals surface area contributed by atoms with Crippen molar-refractivity contribution in [3.05, 3.63) is 121 Å². The van der Waals surface area contributed by atoms with Gasteiger partial charge >= 0.3 is 5.56 Å². The van der Waals surface area contributed by atoms with Crippen molar-refractivity contribution in [1.82, 2.24) is 24.4 Å². The fourth-order valence-electron chi connectivity index (χ4n) is 4.37. The highest BCUT2D eigenvalue weighted by Gasteiger charge is 2.16. The first kappa shape index (κ1) is 24.4. The number of nitrogens with zero attached hydrogens (tertiary/aromatic N) is 5. The second-order valence-corrected chi connectivity index (χ2v) is 9.88. The second-order valence-electron chi connectivity index (χ2n) is 8.87. The summed E-state index contributed by atoms with van der Waals surface area (Å²) in [5, 5.41) is 9.24. The second kappa shape index (κ2) is 10.1. The lowest BCUT2D eigenvalue weighted by Crippen LogP contribution is -2.26. The van der Waals surface area contributed by atoms with Gasteiger partial charge in [-0.05, 0) is 55.8 Å². The van der Waals surface area contributed by atoms with E-state index in [1.54, 1.807) is 22.9 Å². The molecule has 9 heteroatoms. The van der Waals surface area contributed by atoms with Crippen LogP contribution in [0.4, 0.5) is 0 Å². The van der Waals surface area contributed by atoms with E-state index in [0.29, 0.717) is 22.4 Å². The van der Waals surface area contributed by atoms with Crippen molar-refractivity contribution in [3.8, 4) is 34.0 Å². The normalized spacial score (nSPS) is 11.8. The Balaban J connectivity index is 1.53. The van der Waals surface area contributed by atoms with E-state index in [4.69, 9.17) is 9.84 Å². The molecule has 0 saturated heterocycles. The van der Waals surface area contributed by atoms with Gasteiger partial charge in [0.05, 0.1) is 16.8 Å². The highest BCUT2D eigenvalue weighted by molar-refractivity contribution is 7.15. The fourth-order valence-corrected chi connectivity index (χ4v) is 5.27. The van der Waals surface area contributed by atoms with E-state index in [1.807, 2.05) is 86.8 Å². The quantitative estimate of drug-likeness (QED) is 0.317. The first-order valence-corrected chi connectivity index (χ1v) is 13.2. The molecule has 0 N–H and O–H groups in total. The Labute approximate surface area is 227 Å². The van der Waals surface area contributed by atoms with Crippen LogP contribution in [0.15, 0.2) is 94.6 Å². The molecule has 192 valence electrons. The summed E-state index contributed by atoms with van der Waals surface area (Å²) in [5.41, 5.74) is 4.15. The van der Waals surface area contributed by atoms with Gasteiger partial charge in [-0.1, -0.05) is 59.9 Å². The zero-order chi connectivity index (χ0) is 26.9. The molecule has 0 atom stereocenters. The average molecular weight is 534 g/mol. The predicted molar refractivity (Wildman–Crippen MR) is 153 cm³/mol. The first-order chi connectivity index (χ1) is 19.0. The Bertz CT molecular complexity index is 1980. The zero-order valence-corrected chi connectivity index (χ0v) is 22.1. The van der Waals surface area contributed by atoms with Crippen LogP contribution in [0, 0.1) is 6.92 Å². The summed E-state index contributed by atoms with van der Waals surface area (Å²) in [7, 11) is 0. The molecule has 0 bridgehead atoms. The SMILES string of the molecule is CCOc1ccc(-c2nn(-c3ccccc3)cc2/C=c2\sc3nc(=O)c(-c4ccccc4)nn3c2=O)cc1C. The van der Waals surface area contributed by atoms with Crippen molar-refractivity contribution in [2.24, 2.45) is 0 Å². The third-order valence-corrected chi connectivity index (χ3v) is 7.19. The highest BCUT2D eigenvalue weighted by Crippen LogP contribution is 2.29. The van der Waals surface area contributed by atoms with Crippen molar-refractivity contribution < 1.29 is 4.74 Å². The van der Waals surface area contributed by atoms with Crippen molar-refractivity contribution in [2.75, 3.05) is 6.61 Å². The van der Waals surface area contributed by atoms with Gasteiger partial charge in [-0.25, -0.2) is 4.68 Å². The average Bonchev–Trinajstić information content (AvgIpc) is 3.51. The Hall–Kier alpha value is -4.89. The Morgan fingerprint density at radius 3 is 2.36 bits per heavy atom. The van der Waals surface area contributed by atoms with Gasteiger partial charge in [0.2, 0.25) is 4.96 Å². The topological polar surface area (TPSA) is 91.4 Å². The molecule has 0 unspecified atom stereocenters. The van der Waals surface area contributed by atoms with Crippen LogP contribution in [0.2, 0.25) is 0 Å². The zero-order valence-electron chi connectivity index (χ0n) is 21.2. The minimum atomic E-state index is -0.476. The number of fused-ring (bicyclic) bond motifs is 1. The molecule has 0 spiro atoms. The molecular formula is C30H23N5O3S. The van der Waals surface area contributed by atoms with Gasteiger partial charge in [0.1, 0.15) is 11.4 Å². The number of rotatable bonds is 6. The van der Waals surface area contributed by atoms with Gasteiger partial charge in [0.25, 0.3) is 5.56 Å². The Morgan fingerprint density at radius 1 is 0.897 bits per heavy atom. The standard InChI is InChI=1S/C30H23N5O3S/c1-3-38-24-15-14-21(16-19(24)2)26-22(18-34(32-26)23-12-8-5-9-13-23)17-25-29(37)35-30(39-25)31-28(36)27(33-35)20-10-6-4-7-11-20/h4-18H,3H2,1-2H3/b25-17-. The summed E-state index contributed by atoms with van der Waals surface area (Å²) in [6.07, 6.45) is 3.67. The smallest absolute Gasteiger partial charge is 0.300 e. The van der Waals surface area contributed by atoms with E-state index in [2.05, 4.69) is 10.1 Å². The van der Waals surface area contributed by atoms with E-state index in [1.165, 1.54) is 4.52 Å². The molecule has 0 radical (unpaired) electrons. The number of aryl methyl sites for hydroxylation is 1. The van der Waals surface area contributed by atoms with Gasteiger partial charge in [0.15, 0.2) is 5.69 Å². The van der Waals surface area contributed by atoms with Gasteiger partial charge in [0, 0.05) is 22.9 Å². The molecule has 8 nitrogen and oxygen atoms in total. The molecule has 0 aliphatic rings. The van der Waals surface area contributed by atoms with Crippen LogP contribution in [-0.2, 0) is 0 Å². The molecule has 0 saturated carbocycles. The van der Waals surface area contributed by atoms with Crippen LogP contribution >= 0.6 is 11.3 Å². The van der Waals surface area contributed by atoms with E-state index < -0.39 is 5.56 Å². The first-order valence-electron chi connectivity index (χ1n) is 12.4. The highest BCUT2D eigenvalue weighted by atomic mass is 32.1. The summed E-state index contributed by atoms with van der Waals surface area (Å²) < 4.78 is 9.10. The minimum Gasteiger partial charge on any atom is -0.494 e. The summed E-state index contributed by atoms with van der Waals surface area (Å²) >= 11 is 1.12. The molecule has 3 heterocycles. The number of ether oxygens (including phenoxy) is 1. The Kier molecular flexibility index (Phi) is 6.34. The molecule has 6 aromatic rings. The maximum Gasteiger partial charge on any atom is 0.300 e. The minimum absolute atomic E-state index is 0.136. The monoisotopic (exact) mass is 533 g/mol. The number of benzene rings is 3. The molecule has 0 aliphatic carbocycles. The van der Waals surface area contributed by atoms with Crippen molar-refractivity contribution in [1.29, 1.82) is 0 Å². The van der Waals surface area contributed by atoms with Crippen LogP contribution in [0.1, 0.15) is 18.1 Å². The van der Waals surface area contributed by atoms with E-state index >= 15 is 0 Å². The van der Waals surface area contributed by atoms with Crippen molar-refractivity contribution in [2.45, 2.75) is 13.8 Å². The predicted octanol–water partition coefficient (Wildman–Crippen LogP) is 4.29. The van der Waals surface area contributed by atoms with E-state index in [-0.39, 0.29) is 16.2 Å². The van der Waals surface area contributed by atoms with Gasteiger partial charge in [-0.2, -0.15) is 19.7 Å². The molecular weight excluding hydrogens is 510 g/mol. The van der Waals surface area contributed by atoms with Crippen LogP contribution in [-0.4, -0.2) is 31.0 Å². The third-order valence-electron chi connectivity index (χ3n) is 6.23. The number of para-hydroxylation sites is 1. The molecule has 0 amide bonds. The molecule has 0 fully saturated rings. The molecule has 3 aromatic carbocycles. The largest absolute Gasteiger partial charge is 0.494 e. The summed E-state index contributed by atoms with van der Waals surface area (Å²) in [6, 6.07) is 24.7. The van der Waals surface area contributed by atoms with Crippen LogP contribution in [0.3, 0.4) is 0 Å².